The van der Waals surface area contributed by atoms with E-state index in [0.29, 0.717) is 0 Å². The lowest BCUT2D eigenvalue weighted by atomic mass is 10.1. The quantitative estimate of drug-likeness (QED) is 0.785. The monoisotopic (exact) mass is 297 g/mol. The fourth-order valence-corrected chi connectivity index (χ4v) is 2.59. The average Bonchev–Trinajstić information content (AvgIpc) is 2.36. The van der Waals surface area contributed by atoms with Gasteiger partial charge in [-0.15, -0.1) is 0 Å². The van der Waals surface area contributed by atoms with Crippen LogP contribution in [0.2, 0.25) is 0 Å². The summed E-state index contributed by atoms with van der Waals surface area (Å²) in [6.45, 7) is 10.2. The van der Waals surface area contributed by atoms with Crippen molar-refractivity contribution in [3.8, 4) is 5.75 Å². The number of ether oxygens (including phenoxy) is 1. The molecule has 2 nitrogen and oxygen atoms in total. The van der Waals surface area contributed by atoms with Crippen molar-refractivity contribution >= 4 is 0 Å². The van der Waals surface area contributed by atoms with Crippen LogP contribution in [0.4, 0.5) is 0 Å². The Balaban J connectivity index is 2.05. The molecule has 2 aromatic carbocycles. The van der Waals surface area contributed by atoms with E-state index >= 15 is 0 Å². The highest BCUT2D eigenvalue weighted by Gasteiger charge is 2.13. The highest BCUT2D eigenvalue weighted by Crippen LogP contribution is 2.22. The molecule has 0 unspecified atom stereocenters. The minimum Gasteiger partial charge on any atom is -0.488 e. The van der Waals surface area contributed by atoms with E-state index in [-0.39, 0.29) is 5.60 Å². The molecule has 0 aliphatic rings. The third kappa shape index (κ3) is 5.53. The van der Waals surface area contributed by atoms with E-state index in [2.05, 4.69) is 88.2 Å². The lowest BCUT2D eigenvalue weighted by Crippen LogP contribution is -2.23. The molecular formula is C20H27NO. The molecule has 0 spiro atoms. The van der Waals surface area contributed by atoms with Gasteiger partial charge in [-0.1, -0.05) is 36.4 Å². The van der Waals surface area contributed by atoms with Crippen molar-refractivity contribution in [1.29, 1.82) is 0 Å². The third-order valence-corrected chi connectivity index (χ3v) is 3.28. The molecule has 0 aliphatic carbocycles. The maximum atomic E-state index is 6.00. The Labute approximate surface area is 134 Å². The fourth-order valence-electron chi connectivity index (χ4n) is 2.59. The summed E-state index contributed by atoms with van der Waals surface area (Å²) in [7, 11) is 2.15. The molecule has 2 aromatic rings. The summed E-state index contributed by atoms with van der Waals surface area (Å²) in [6, 6.07) is 17.1. The van der Waals surface area contributed by atoms with Crippen LogP contribution in [0, 0.1) is 6.92 Å². The van der Waals surface area contributed by atoms with Gasteiger partial charge >= 0.3 is 0 Å². The lowest BCUT2D eigenvalue weighted by molar-refractivity contribution is 0.130. The maximum Gasteiger partial charge on any atom is 0.120 e. The smallest absolute Gasteiger partial charge is 0.120 e. The summed E-state index contributed by atoms with van der Waals surface area (Å²) in [5.41, 5.74) is 3.70. The number of hydrogen-bond donors (Lipinski definition) is 0. The Morgan fingerprint density at radius 2 is 1.55 bits per heavy atom. The second-order valence-electron chi connectivity index (χ2n) is 7.03. The summed E-state index contributed by atoms with van der Waals surface area (Å²) in [5.74, 6) is 0.954. The van der Waals surface area contributed by atoms with Crippen LogP contribution in [-0.2, 0) is 13.1 Å². The first-order chi connectivity index (χ1) is 10.3. The van der Waals surface area contributed by atoms with Gasteiger partial charge in [0.2, 0.25) is 0 Å². The Morgan fingerprint density at radius 1 is 0.909 bits per heavy atom. The Bertz CT molecular complexity index is 599. The van der Waals surface area contributed by atoms with Gasteiger partial charge in [-0.25, -0.2) is 0 Å². The molecule has 0 radical (unpaired) electrons. The molecule has 22 heavy (non-hydrogen) atoms. The standard InChI is InChI=1S/C20H27NO/c1-16-11-18(13-19(12-16)22-20(2,3)4)15-21(5)14-17-9-7-6-8-10-17/h6-13H,14-15H2,1-5H3. The largest absolute Gasteiger partial charge is 0.488 e. The molecule has 0 saturated heterocycles. The highest BCUT2D eigenvalue weighted by atomic mass is 16.5. The van der Waals surface area contributed by atoms with E-state index in [1.54, 1.807) is 0 Å². The van der Waals surface area contributed by atoms with E-state index in [1.165, 1.54) is 16.7 Å². The molecule has 0 N–H and O–H groups in total. The minimum atomic E-state index is -0.166. The van der Waals surface area contributed by atoms with Gasteiger partial charge in [-0.05, 0) is 63.6 Å². The van der Waals surface area contributed by atoms with Crippen molar-refractivity contribution < 1.29 is 4.74 Å². The zero-order chi connectivity index (χ0) is 16.2. The van der Waals surface area contributed by atoms with Crippen LogP contribution >= 0.6 is 0 Å². The normalized spacial score (nSPS) is 11.7. The van der Waals surface area contributed by atoms with Crippen molar-refractivity contribution in [3.63, 3.8) is 0 Å². The molecule has 0 saturated carbocycles. The topological polar surface area (TPSA) is 12.5 Å². The van der Waals surface area contributed by atoms with Crippen LogP contribution < -0.4 is 4.74 Å². The van der Waals surface area contributed by atoms with Gasteiger partial charge in [-0.3, -0.25) is 4.90 Å². The van der Waals surface area contributed by atoms with Gasteiger partial charge in [0.15, 0.2) is 0 Å². The first kappa shape index (κ1) is 16.6. The molecule has 0 amide bonds. The first-order valence-electron chi connectivity index (χ1n) is 7.84. The Morgan fingerprint density at radius 3 is 2.18 bits per heavy atom. The molecule has 0 aliphatic heterocycles. The number of benzene rings is 2. The predicted molar refractivity (Wildman–Crippen MR) is 93.2 cm³/mol. The number of aryl methyl sites for hydroxylation is 1. The molecular weight excluding hydrogens is 270 g/mol. The third-order valence-electron chi connectivity index (χ3n) is 3.28. The van der Waals surface area contributed by atoms with Crippen molar-refractivity contribution in [1.82, 2.24) is 4.90 Å². The zero-order valence-corrected chi connectivity index (χ0v) is 14.4. The van der Waals surface area contributed by atoms with E-state index in [9.17, 15) is 0 Å². The Hall–Kier alpha value is -1.80. The number of rotatable bonds is 5. The molecule has 0 bridgehead atoms. The second-order valence-corrected chi connectivity index (χ2v) is 7.03. The van der Waals surface area contributed by atoms with Gasteiger partial charge in [0.25, 0.3) is 0 Å². The van der Waals surface area contributed by atoms with Crippen molar-refractivity contribution in [2.24, 2.45) is 0 Å². The van der Waals surface area contributed by atoms with Crippen LogP contribution in [0.1, 0.15) is 37.5 Å². The van der Waals surface area contributed by atoms with E-state index in [1.807, 2.05) is 0 Å². The van der Waals surface area contributed by atoms with Gasteiger partial charge in [-0.2, -0.15) is 0 Å². The number of nitrogens with zero attached hydrogens (tertiary/aromatic N) is 1. The van der Waals surface area contributed by atoms with Crippen LogP contribution in [-0.4, -0.2) is 17.5 Å². The number of hydrogen-bond acceptors (Lipinski definition) is 2. The molecule has 118 valence electrons. The molecule has 0 aromatic heterocycles. The molecule has 2 heteroatoms. The summed E-state index contributed by atoms with van der Waals surface area (Å²) in [5, 5.41) is 0. The first-order valence-corrected chi connectivity index (χ1v) is 7.84. The Kier molecular flexibility index (Phi) is 5.25. The van der Waals surface area contributed by atoms with E-state index < -0.39 is 0 Å². The zero-order valence-electron chi connectivity index (χ0n) is 14.4. The molecule has 2 rings (SSSR count). The van der Waals surface area contributed by atoms with Crippen LogP contribution in [0.15, 0.2) is 48.5 Å². The fraction of sp³-hybridized carbons (Fsp3) is 0.400. The predicted octanol–water partition coefficient (Wildman–Crippen LogP) is 4.80. The SMILES string of the molecule is Cc1cc(CN(C)Cc2ccccc2)cc(OC(C)(C)C)c1. The van der Waals surface area contributed by atoms with Gasteiger partial charge in [0.1, 0.15) is 11.4 Å². The summed E-state index contributed by atoms with van der Waals surface area (Å²) >= 11 is 0. The van der Waals surface area contributed by atoms with Gasteiger partial charge in [0.05, 0.1) is 0 Å². The molecule has 0 atom stereocenters. The van der Waals surface area contributed by atoms with Crippen molar-refractivity contribution in [3.05, 3.63) is 65.2 Å². The van der Waals surface area contributed by atoms with Crippen molar-refractivity contribution in [2.75, 3.05) is 7.05 Å². The van der Waals surface area contributed by atoms with Crippen molar-refractivity contribution in [2.45, 2.75) is 46.4 Å². The van der Waals surface area contributed by atoms with Gasteiger partial charge in [0, 0.05) is 13.1 Å². The van der Waals surface area contributed by atoms with Crippen LogP contribution in [0.5, 0.6) is 5.75 Å². The second kappa shape index (κ2) is 6.97. The van der Waals surface area contributed by atoms with E-state index in [0.717, 1.165) is 18.8 Å². The molecule has 0 heterocycles. The minimum absolute atomic E-state index is 0.166. The van der Waals surface area contributed by atoms with E-state index in [4.69, 9.17) is 4.74 Å². The maximum absolute atomic E-state index is 6.00. The lowest BCUT2D eigenvalue weighted by Gasteiger charge is -2.23. The summed E-state index contributed by atoms with van der Waals surface area (Å²) < 4.78 is 6.00. The van der Waals surface area contributed by atoms with Crippen LogP contribution in [0.3, 0.4) is 0 Å². The van der Waals surface area contributed by atoms with Crippen LogP contribution in [0.25, 0.3) is 0 Å². The highest BCUT2D eigenvalue weighted by molar-refractivity contribution is 5.34. The summed E-state index contributed by atoms with van der Waals surface area (Å²) in [6.07, 6.45) is 0. The average molecular weight is 297 g/mol. The molecule has 0 fully saturated rings. The summed E-state index contributed by atoms with van der Waals surface area (Å²) in [4.78, 5) is 2.32. The van der Waals surface area contributed by atoms with Gasteiger partial charge < -0.3 is 4.74 Å².